The number of hydrogen-bond donors (Lipinski definition) is 3. The molecule has 2 heterocycles. The van der Waals surface area contributed by atoms with Crippen molar-refractivity contribution in [2.24, 2.45) is 0 Å². The molecule has 0 unspecified atom stereocenters. The van der Waals surface area contributed by atoms with Gasteiger partial charge >= 0.3 is 0 Å². The second kappa shape index (κ2) is 7.42. The second-order valence-electron chi connectivity index (χ2n) is 4.74. The van der Waals surface area contributed by atoms with Crippen LogP contribution in [-0.2, 0) is 13.0 Å². The van der Waals surface area contributed by atoms with Gasteiger partial charge in [-0.05, 0) is 24.5 Å². The number of nitrogens with zero attached hydrogens (tertiary/aromatic N) is 3. The zero-order valence-corrected chi connectivity index (χ0v) is 12.6. The predicted octanol–water partition coefficient (Wildman–Crippen LogP) is 2.45. The number of aryl methyl sites for hydroxylation is 1. The minimum Gasteiger partial charge on any atom is -0.370 e. The molecule has 0 fully saturated rings. The maximum absolute atomic E-state index is 5.74. The molecule has 6 nitrogen and oxygen atoms in total. The van der Waals surface area contributed by atoms with Crippen molar-refractivity contribution in [2.75, 3.05) is 22.9 Å². The van der Waals surface area contributed by atoms with Crippen LogP contribution in [0, 0.1) is 0 Å². The van der Waals surface area contributed by atoms with E-state index in [-0.39, 0.29) is 5.95 Å². The van der Waals surface area contributed by atoms with Crippen LogP contribution < -0.4 is 16.4 Å². The van der Waals surface area contributed by atoms with E-state index < -0.39 is 0 Å². The number of anilines is 3. The van der Waals surface area contributed by atoms with E-state index in [4.69, 9.17) is 5.73 Å². The SMILES string of the molecule is CCCNc1cc(NCc2ncccc2CC)nc(N)n1. The molecule has 0 saturated heterocycles. The maximum Gasteiger partial charge on any atom is 0.223 e. The summed E-state index contributed by atoms with van der Waals surface area (Å²) in [4.78, 5) is 12.8. The fourth-order valence-electron chi connectivity index (χ4n) is 2.03. The van der Waals surface area contributed by atoms with Crippen LogP contribution in [0.5, 0.6) is 0 Å². The molecule has 0 amide bonds. The van der Waals surface area contributed by atoms with Crippen molar-refractivity contribution in [3.63, 3.8) is 0 Å². The highest BCUT2D eigenvalue weighted by Crippen LogP contribution is 2.14. The third-order valence-electron chi connectivity index (χ3n) is 3.10. The molecule has 2 aromatic rings. The summed E-state index contributed by atoms with van der Waals surface area (Å²) in [6, 6.07) is 5.91. The molecule has 0 spiro atoms. The van der Waals surface area contributed by atoms with Gasteiger partial charge in [-0.3, -0.25) is 4.98 Å². The van der Waals surface area contributed by atoms with Crippen molar-refractivity contribution < 1.29 is 0 Å². The lowest BCUT2D eigenvalue weighted by molar-refractivity contribution is 0.953. The summed E-state index contributed by atoms with van der Waals surface area (Å²) in [5.74, 6) is 1.70. The molecule has 2 aromatic heterocycles. The van der Waals surface area contributed by atoms with Gasteiger partial charge in [0.2, 0.25) is 5.95 Å². The molecule has 0 atom stereocenters. The zero-order valence-electron chi connectivity index (χ0n) is 12.6. The van der Waals surface area contributed by atoms with E-state index in [0.29, 0.717) is 12.4 Å². The van der Waals surface area contributed by atoms with Crippen molar-refractivity contribution >= 4 is 17.6 Å². The van der Waals surface area contributed by atoms with Crippen molar-refractivity contribution in [3.05, 3.63) is 35.7 Å². The van der Waals surface area contributed by atoms with Gasteiger partial charge in [-0.1, -0.05) is 19.9 Å². The Morgan fingerprint density at radius 1 is 1.14 bits per heavy atom. The molecule has 0 aromatic carbocycles. The van der Waals surface area contributed by atoms with Gasteiger partial charge in [0.15, 0.2) is 0 Å². The first-order valence-corrected chi connectivity index (χ1v) is 7.28. The molecule has 6 heteroatoms. The lowest BCUT2D eigenvalue weighted by Gasteiger charge is -2.11. The lowest BCUT2D eigenvalue weighted by atomic mass is 10.1. The summed E-state index contributed by atoms with van der Waals surface area (Å²) in [7, 11) is 0. The highest BCUT2D eigenvalue weighted by Gasteiger charge is 2.04. The van der Waals surface area contributed by atoms with Gasteiger partial charge in [-0.2, -0.15) is 9.97 Å². The van der Waals surface area contributed by atoms with Crippen LogP contribution in [0.4, 0.5) is 17.6 Å². The summed E-state index contributed by atoms with van der Waals surface area (Å²) in [6.45, 7) is 5.70. The third kappa shape index (κ3) is 4.30. The molecule has 0 radical (unpaired) electrons. The van der Waals surface area contributed by atoms with Crippen LogP contribution in [0.3, 0.4) is 0 Å². The van der Waals surface area contributed by atoms with Crippen LogP contribution in [-0.4, -0.2) is 21.5 Å². The molecule has 0 saturated carbocycles. The van der Waals surface area contributed by atoms with Crippen LogP contribution in [0.15, 0.2) is 24.4 Å². The van der Waals surface area contributed by atoms with E-state index in [1.807, 2.05) is 12.1 Å². The van der Waals surface area contributed by atoms with Crippen LogP contribution in [0.25, 0.3) is 0 Å². The van der Waals surface area contributed by atoms with E-state index in [9.17, 15) is 0 Å². The number of nitrogens with two attached hydrogens (primary N) is 1. The average molecular weight is 286 g/mol. The number of hydrogen-bond acceptors (Lipinski definition) is 6. The van der Waals surface area contributed by atoms with Crippen LogP contribution in [0.2, 0.25) is 0 Å². The van der Waals surface area contributed by atoms with Crippen molar-refractivity contribution in [1.82, 2.24) is 15.0 Å². The number of pyridine rings is 1. The van der Waals surface area contributed by atoms with Gasteiger partial charge in [-0.25, -0.2) is 0 Å². The summed E-state index contributed by atoms with van der Waals surface area (Å²) in [5, 5.41) is 6.47. The quantitative estimate of drug-likeness (QED) is 0.724. The fourth-order valence-corrected chi connectivity index (χ4v) is 2.03. The van der Waals surface area contributed by atoms with Gasteiger partial charge < -0.3 is 16.4 Å². The normalized spacial score (nSPS) is 10.4. The summed E-state index contributed by atoms with van der Waals surface area (Å²) in [6.07, 6.45) is 3.79. The molecule has 0 aliphatic rings. The Kier molecular flexibility index (Phi) is 5.31. The lowest BCUT2D eigenvalue weighted by Crippen LogP contribution is -2.10. The van der Waals surface area contributed by atoms with E-state index in [0.717, 1.165) is 30.9 Å². The van der Waals surface area contributed by atoms with Gasteiger partial charge in [-0.15, -0.1) is 0 Å². The van der Waals surface area contributed by atoms with E-state index in [1.54, 1.807) is 6.20 Å². The van der Waals surface area contributed by atoms with Crippen LogP contribution in [0.1, 0.15) is 31.5 Å². The molecular formula is C15H22N6. The molecule has 21 heavy (non-hydrogen) atoms. The average Bonchev–Trinajstić information content (AvgIpc) is 2.50. The van der Waals surface area contributed by atoms with Gasteiger partial charge in [0, 0.05) is 18.8 Å². The molecule has 4 N–H and O–H groups in total. The van der Waals surface area contributed by atoms with Gasteiger partial charge in [0.1, 0.15) is 11.6 Å². The van der Waals surface area contributed by atoms with Crippen LogP contribution >= 0.6 is 0 Å². The largest absolute Gasteiger partial charge is 0.370 e. The minimum absolute atomic E-state index is 0.260. The smallest absolute Gasteiger partial charge is 0.223 e. The molecule has 0 aliphatic carbocycles. The Bertz CT molecular complexity index is 584. The Morgan fingerprint density at radius 3 is 2.62 bits per heavy atom. The third-order valence-corrected chi connectivity index (χ3v) is 3.10. The zero-order chi connectivity index (χ0) is 15.1. The molecule has 112 valence electrons. The first-order chi connectivity index (χ1) is 10.2. The van der Waals surface area contributed by atoms with Crippen molar-refractivity contribution in [3.8, 4) is 0 Å². The van der Waals surface area contributed by atoms with Crippen molar-refractivity contribution in [2.45, 2.75) is 33.2 Å². The number of rotatable bonds is 7. The second-order valence-corrected chi connectivity index (χ2v) is 4.74. The molecule has 2 rings (SSSR count). The topological polar surface area (TPSA) is 88.8 Å². The Balaban J connectivity index is 2.07. The first-order valence-electron chi connectivity index (χ1n) is 7.28. The summed E-state index contributed by atoms with van der Waals surface area (Å²) >= 11 is 0. The fraction of sp³-hybridized carbons (Fsp3) is 0.400. The summed E-state index contributed by atoms with van der Waals surface area (Å²) < 4.78 is 0. The number of nitrogen functional groups attached to an aromatic ring is 1. The molecule has 0 bridgehead atoms. The standard InChI is InChI=1S/C15H22N6/c1-3-7-18-13-9-14(21-15(16)20-13)19-10-12-11(4-2)6-5-8-17-12/h5-6,8-9H,3-4,7,10H2,1-2H3,(H4,16,18,19,20,21). The number of nitrogens with one attached hydrogen (secondary N) is 2. The highest BCUT2D eigenvalue weighted by molar-refractivity contribution is 5.51. The Labute approximate surface area is 125 Å². The molecule has 0 aliphatic heterocycles. The van der Waals surface area contributed by atoms with Gasteiger partial charge in [0.25, 0.3) is 0 Å². The monoisotopic (exact) mass is 286 g/mol. The van der Waals surface area contributed by atoms with Gasteiger partial charge in [0.05, 0.1) is 12.2 Å². The number of aromatic nitrogens is 3. The first kappa shape index (κ1) is 15.0. The molecular weight excluding hydrogens is 264 g/mol. The minimum atomic E-state index is 0.260. The predicted molar refractivity (Wildman–Crippen MR) is 86.2 cm³/mol. The Hall–Kier alpha value is -2.37. The van der Waals surface area contributed by atoms with E-state index in [2.05, 4.69) is 45.5 Å². The maximum atomic E-state index is 5.74. The highest BCUT2D eigenvalue weighted by atomic mass is 15.1. The summed E-state index contributed by atoms with van der Waals surface area (Å²) in [5.41, 5.74) is 8.00. The van der Waals surface area contributed by atoms with E-state index >= 15 is 0 Å². The van der Waals surface area contributed by atoms with E-state index in [1.165, 1.54) is 5.56 Å². The Morgan fingerprint density at radius 2 is 1.90 bits per heavy atom. The van der Waals surface area contributed by atoms with Crippen molar-refractivity contribution in [1.29, 1.82) is 0 Å².